The van der Waals surface area contributed by atoms with Crippen molar-refractivity contribution in [2.75, 3.05) is 6.54 Å². The molecule has 3 rings (SSSR count). The maximum absolute atomic E-state index is 12.5. The lowest BCUT2D eigenvalue weighted by Gasteiger charge is -2.13. The molecule has 0 saturated carbocycles. The third-order valence-electron chi connectivity index (χ3n) is 3.67. The summed E-state index contributed by atoms with van der Waals surface area (Å²) in [4.78, 5) is 4.22. The van der Waals surface area contributed by atoms with Crippen LogP contribution in [-0.4, -0.2) is 12.8 Å². The van der Waals surface area contributed by atoms with Crippen LogP contribution in [-0.2, 0) is 6.18 Å². The highest BCUT2D eigenvalue weighted by Crippen LogP contribution is 2.41. The molecule has 0 saturated heterocycles. The highest BCUT2D eigenvalue weighted by molar-refractivity contribution is 5.85. The van der Waals surface area contributed by atoms with Crippen molar-refractivity contribution in [3.05, 3.63) is 46.5 Å². The van der Waals surface area contributed by atoms with Crippen molar-refractivity contribution in [1.82, 2.24) is 0 Å². The van der Waals surface area contributed by atoms with Crippen molar-refractivity contribution >= 4 is 6.21 Å². The van der Waals surface area contributed by atoms with Gasteiger partial charge in [0.05, 0.1) is 12.1 Å². The van der Waals surface area contributed by atoms with Crippen LogP contribution in [0.15, 0.2) is 40.4 Å². The van der Waals surface area contributed by atoms with Gasteiger partial charge in [-0.05, 0) is 41.7 Å². The van der Waals surface area contributed by atoms with Crippen molar-refractivity contribution < 1.29 is 13.2 Å². The Hall–Kier alpha value is -1.58. The number of aliphatic imine (C=N–C) groups is 1. The second kappa shape index (κ2) is 3.97. The average Bonchev–Trinajstić information content (AvgIpc) is 2.89. The summed E-state index contributed by atoms with van der Waals surface area (Å²) in [6.45, 7) is 0.770. The van der Waals surface area contributed by atoms with Gasteiger partial charge in [0.15, 0.2) is 0 Å². The van der Waals surface area contributed by atoms with Gasteiger partial charge in [0.2, 0.25) is 0 Å². The van der Waals surface area contributed by atoms with Gasteiger partial charge in [0.1, 0.15) is 0 Å². The van der Waals surface area contributed by atoms with Gasteiger partial charge in [-0.25, -0.2) is 0 Å². The van der Waals surface area contributed by atoms with E-state index in [1.54, 1.807) is 12.1 Å². The number of hydrogen-bond donors (Lipinski definition) is 0. The van der Waals surface area contributed by atoms with Crippen LogP contribution in [0.1, 0.15) is 29.9 Å². The Kier molecular flexibility index (Phi) is 2.54. The first-order valence-corrected chi connectivity index (χ1v) is 5.94. The maximum Gasteiger partial charge on any atom is 0.416 e. The molecule has 0 radical (unpaired) electrons. The SMILES string of the molecule is FC(F)(F)c1ccc(C2CCC3=C2C=NC3)cc1. The summed E-state index contributed by atoms with van der Waals surface area (Å²) in [5.41, 5.74) is 2.94. The first kappa shape index (κ1) is 11.5. The highest BCUT2D eigenvalue weighted by Gasteiger charge is 2.31. The third-order valence-corrected chi connectivity index (χ3v) is 3.67. The lowest BCUT2D eigenvalue weighted by molar-refractivity contribution is -0.137. The van der Waals surface area contributed by atoms with Crippen LogP contribution in [0.4, 0.5) is 13.2 Å². The Bertz CT molecular complexity index is 523. The van der Waals surface area contributed by atoms with E-state index in [1.165, 1.54) is 23.3 Å². The summed E-state index contributed by atoms with van der Waals surface area (Å²) in [7, 11) is 0. The Morgan fingerprint density at radius 2 is 1.83 bits per heavy atom. The number of rotatable bonds is 1. The number of benzene rings is 1. The van der Waals surface area contributed by atoms with Gasteiger partial charge >= 0.3 is 6.18 Å². The predicted molar refractivity (Wildman–Crippen MR) is 63.8 cm³/mol. The van der Waals surface area contributed by atoms with Crippen molar-refractivity contribution in [1.29, 1.82) is 0 Å². The molecular formula is C14H12F3N. The van der Waals surface area contributed by atoms with E-state index in [1.807, 2.05) is 6.21 Å². The Morgan fingerprint density at radius 3 is 2.50 bits per heavy atom. The number of nitrogens with zero attached hydrogens (tertiary/aromatic N) is 1. The van der Waals surface area contributed by atoms with Crippen LogP contribution in [0.5, 0.6) is 0 Å². The first-order valence-electron chi connectivity index (χ1n) is 5.94. The minimum atomic E-state index is -4.26. The number of halogens is 3. The molecule has 4 heteroatoms. The lowest BCUT2D eigenvalue weighted by Crippen LogP contribution is -2.05. The minimum absolute atomic E-state index is 0.230. The van der Waals surface area contributed by atoms with E-state index in [-0.39, 0.29) is 5.92 Å². The second-order valence-corrected chi connectivity index (χ2v) is 4.74. The molecule has 94 valence electrons. The van der Waals surface area contributed by atoms with Gasteiger partial charge in [-0.3, -0.25) is 4.99 Å². The van der Waals surface area contributed by atoms with Gasteiger partial charge in [0.25, 0.3) is 0 Å². The van der Waals surface area contributed by atoms with E-state index < -0.39 is 11.7 Å². The van der Waals surface area contributed by atoms with Crippen molar-refractivity contribution in [2.45, 2.75) is 24.9 Å². The average molecular weight is 251 g/mol. The summed E-state index contributed by atoms with van der Waals surface area (Å²) >= 11 is 0. The summed E-state index contributed by atoms with van der Waals surface area (Å²) in [5, 5.41) is 0. The Morgan fingerprint density at radius 1 is 1.11 bits per heavy atom. The molecule has 1 aliphatic heterocycles. The molecule has 2 aliphatic rings. The molecule has 0 bridgehead atoms. The van der Waals surface area contributed by atoms with E-state index >= 15 is 0 Å². The van der Waals surface area contributed by atoms with Crippen molar-refractivity contribution in [2.24, 2.45) is 4.99 Å². The van der Waals surface area contributed by atoms with E-state index in [0.717, 1.165) is 24.9 Å². The molecule has 1 heterocycles. The predicted octanol–water partition coefficient (Wildman–Crippen LogP) is 3.96. The summed E-state index contributed by atoms with van der Waals surface area (Å²) in [6, 6.07) is 5.52. The van der Waals surface area contributed by atoms with Gasteiger partial charge in [0, 0.05) is 12.1 Å². The zero-order valence-electron chi connectivity index (χ0n) is 9.67. The maximum atomic E-state index is 12.5. The molecule has 18 heavy (non-hydrogen) atoms. The molecule has 1 unspecified atom stereocenters. The van der Waals surface area contributed by atoms with Gasteiger partial charge < -0.3 is 0 Å². The molecule has 1 aromatic carbocycles. The smallest absolute Gasteiger partial charge is 0.288 e. The quantitative estimate of drug-likeness (QED) is 0.716. The van der Waals surface area contributed by atoms with Crippen molar-refractivity contribution in [3.63, 3.8) is 0 Å². The van der Waals surface area contributed by atoms with Crippen LogP contribution in [0, 0.1) is 0 Å². The first-order chi connectivity index (χ1) is 8.55. The highest BCUT2D eigenvalue weighted by atomic mass is 19.4. The van der Waals surface area contributed by atoms with Crippen LogP contribution in [0.2, 0.25) is 0 Å². The fourth-order valence-corrected chi connectivity index (χ4v) is 2.72. The molecule has 1 nitrogen and oxygen atoms in total. The molecule has 0 spiro atoms. The second-order valence-electron chi connectivity index (χ2n) is 4.74. The zero-order chi connectivity index (χ0) is 12.8. The fraction of sp³-hybridized carbons (Fsp3) is 0.357. The summed E-state index contributed by atoms with van der Waals surface area (Å²) in [6.07, 6.45) is -0.374. The third kappa shape index (κ3) is 1.85. The van der Waals surface area contributed by atoms with Crippen LogP contribution < -0.4 is 0 Å². The van der Waals surface area contributed by atoms with Gasteiger partial charge in [-0.1, -0.05) is 12.1 Å². The standard InChI is InChI=1S/C14H12F3N/c15-14(16,17)11-4-1-9(2-5-11)12-6-3-10-7-18-8-13(10)12/h1-2,4-5,8,12H,3,6-7H2. The minimum Gasteiger partial charge on any atom is -0.288 e. The van der Waals surface area contributed by atoms with E-state index in [0.29, 0.717) is 0 Å². The number of alkyl halides is 3. The molecule has 0 fully saturated rings. The topological polar surface area (TPSA) is 12.4 Å². The largest absolute Gasteiger partial charge is 0.416 e. The molecule has 0 aromatic heterocycles. The normalized spacial score (nSPS) is 22.7. The summed E-state index contributed by atoms with van der Waals surface area (Å²) in [5.74, 6) is 0.230. The molecule has 0 N–H and O–H groups in total. The molecule has 0 amide bonds. The Labute approximate surface area is 103 Å². The lowest BCUT2D eigenvalue weighted by atomic mass is 9.92. The zero-order valence-corrected chi connectivity index (χ0v) is 9.67. The number of hydrogen-bond acceptors (Lipinski definition) is 1. The van der Waals surface area contributed by atoms with Crippen molar-refractivity contribution in [3.8, 4) is 0 Å². The monoisotopic (exact) mass is 251 g/mol. The molecular weight excluding hydrogens is 239 g/mol. The Balaban J connectivity index is 1.88. The number of allylic oxidation sites excluding steroid dienone is 1. The molecule has 1 aromatic rings. The molecule has 1 aliphatic carbocycles. The van der Waals surface area contributed by atoms with Crippen LogP contribution in [0.25, 0.3) is 0 Å². The summed E-state index contributed by atoms with van der Waals surface area (Å²) < 4.78 is 37.4. The van der Waals surface area contributed by atoms with Crippen LogP contribution >= 0.6 is 0 Å². The molecule has 1 atom stereocenters. The van der Waals surface area contributed by atoms with Crippen LogP contribution in [0.3, 0.4) is 0 Å². The van der Waals surface area contributed by atoms with Gasteiger partial charge in [-0.15, -0.1) is 0 Å². The van der Waals surface area contributed by atoms with E-state index in [4.69, 9.17) is 0 Å². The fourth-order valence-electron chi connectivity index (χ4n) is 2.72. The van der Waals surface area contributed by atoms with E-state index in [9.17, 15) is 13.2 Å². The van der Waals surface area contributed by atoms with E-state index in [2.05, 4.69) is 4.99 Å². The van der Waals surface area contributed by atoms with Gasteiger partial charge in [-0.2, -0.15) is 13.2 Å².